The van der Waals surface area contributed by atoms with Crippen molar-refractivity contribution in [3.05, 3.63) is 0 Å². The maximum absolute atomic E-state index is 12.7. The van der Waals surface area contributed by atoms with Gasteiger partial charge in [-0.15, -0.1) is 0 Å². The summed E-state index contributed by atoms with van der Waals surface area (Å²) in [5.74, 6) is -4.94. The first-order valence-corrected chi connectivity index (χ1v) is 6.16. The van der Waals surface area contributed by atoms with Crippen LogP contribution in [0.3, 0.4) is 0 Å². The molecule has 0 aliphatic heterocycles. The highest BCUT2D eigenvalue weighted by Crippen LogP contribution is 2.06. The number of alkyl halides is 2. The lowest BCUT2D eigenvalue weighted by molar-refractivity contribution is -0.141. The smallest absolute Gasteiger partial charge is 0.305 e. The van der Waals surface area contributed by atoms with Crippen LogP contribution >= 0.6 is 0 Å². The Morgan fingerprint density at radius 2 is 1.71 bits per heavy atom. The van der Waals surface area contributed by atoms with Crippen molar-refractivity contribution < 1.29 is 33.1 Å². The van der Waals surface area contributed by atoms with Gasteiger partial charge in [0.05, 0.1) is 13.1 Å². The van der Waals surface area contributed by atoms with Crippen LogP contribution in [0.1, 0.15) is 20.3 Å². The quantitative estimate of drug-likeness (QED) is 0.536. The molecule has 0 saturated carbocycles. The van der Waals surface area contributed by atoms with Gasteiger partial charge in [0.15, 0.2) is 5.78 Å². The van der Waals surface area contributed by atoms with Crippen molar-refractivity contribution >= 4 is 23.6 Å². The molecule has 0 aliphatic carbocycles. The number of amides is 2. The van der Waals surface area contributed by atoms with E-state index in [1.807, 2.05) is 5.32 Å². The van der Waals surface area contributed by atoms with Gasteiger partial charge in [-0.2, -0.15) is 0 Å². The van der Waals surface area contributed by atoms with Gasteiger partial charge in [-0.3, -0.25) is 23.6 Å². The lowest BCUT2D eigenvalue weighted by atomic mass is 10.0. The number of carbonyl (C=O) groups is 4. The lowest BCUT2D eigenvalue weighted by Crippen LogP contribution is -2.54. The van der Waals surface area contributed by atoms with Gasteiger partial charge in [-0.1, -0.05) is 6.92 Å². The molecule has 0 heterocycles. The molecule has 21 heavy (non-hydrogen) atoms. The summed E-state index contributed by atoms with van der Waals surface area (Å²) in [5.41, 5.74) is 0. The van der Waals surface area contributed by atoms with Crippen LogP contribution in [0.2, 0.25) is 0 Å². The molecule has 3 unspecified atom stereocenters. The molecule has 7 nitrogen and oxygen atoms in total. The molecule has 3 atom stereocenters. The van der Waals surface area contributed by atoms with Crippen molar-refractivity contribution in [2.75, 3.05) is 13.3 Å². The number of ketones is 1. The molecule has 0 radical (unpaired) electrons. The van der Waals surface area contributed by atoms with Gasteiger partial charge in [-0.05, 0) is 0 Å². The number of carbonyl (C=O) groups excluding carboxylic acids is 3. The van der Waals surface area contributed by atoms with E-state index in [9.17, 15) is 28.0 Å². The minimum Gasteiger partial charge on any atom is -0.481 e. The number of rotatable bonds is 9. The second kappa shape index (κ2) is 8.98. The number of nitrogens with one attached hydrogen (secondary N) is 2. The van der Waals surface area contributed by atoms with E-state index in [0.717, 1.165) is 6.92 Å². The monoisotopic (exact) mass is 308 g/mol. The van der Waals surface area contributed by atoms with E-state index < -0.39 is 61.3 Å². The number of Topliss-reactive ketones (excluding diaryl/α,β-unsaturated/α-hetero) is 1. The van der Waals surface area contributed by atoms with E-state index in [-0.39, 0.29) is 0 Å². The molecule has 0 aliphatic rings. The van der Waals surface area contributed by atoms with Crippen LogP contribution in [0.15, 0.2) is 0 Å². The number of carboxylic acids is 1. The van der Waals surface area contributed by atoms with Crippen molar-refractivity contribution in [1.82, 2.24) is 10.6 Å². The van der Waals surface area contributed by atoms with E-state index in [4.69, 9.17) is 5.11 Å². The summed E-state index contributed by atoms with van der Waals surface area (Å²) in [7, 11) is 0. The minimum absolute atomic E-state index is 0.595. The van der Waals surface area contributed by atoms with Crippen molar-refractivity contribution in [2.24, 2.45) is 5.92 Å². The summed E-state index contributed by atoms with van der Waals surface area (Å²) in [6.45, 7) is 0.108. The van der Waals surface area contributed by atoms with Gasteiger partial charge in [0, 0.05) is 12.8 Å². The van der Waals surface area contributed by atoms with E-state index >= 15 is 0 Å². The second-order valence-electron chi connectivity index (χ2n) is 4.57. The summed E-state index contributed by atoms with van der Waals surface area (Å²) < 4.78 is 25.0. The van der Waals surface area contributed by atoms with Crippen molar-refractivity contribution in [1.29, 1.82) is 0 Å². The summed E-state index contributed by atoms with van der Waals surface area (Å²) in [6.07, 6.45) is -0.800. The van der Waals surface area contributed by atoms with Gasteiger partial charge in [0.1, 0.15) is 18.8 Å². The van der Waals surface area contributed by atoms with Crippen LogP contribution in [0, 0.1) is 5.92 Å². The van der Waals surface area contributed by atoms with Crippen LogP contribution in [0.4, 0.5) is 8.78 Å². The van der Waals surface area contributed by atoms with Gasteiger partial charge < -0.3 is 15.7 Å². The zero-order valence-electron chi connectivity index (χ0n) is 11.7. The molecule has 0 aromatic carbocycles. The van der Waals surface area contributed by atoms with Crippen LogP contribution < -0.4 is 10.6 Å². The molecule has 120 valence electrons. The van der Waals surface area contributed by atoms with Crippen LogP contribution in [-0.2, 0) is 19.2 Å². The molecule has 0 aromatic heterocycles. The standard InChI is InChI=1S/C12H18F2N2O5/c1-6(4-13)11(15-7(2)17)12(21)16-8(3-10(19)20)9(18)5-14/h6,8,11H,3-5H2,1-2H3,(H,15,17)(H,16,21)(H,19,20). The largest absolute Gasteiger partial charge is 0.481 e. The van der Waals surface area contributed by atoms with Crippen LogP contribution in [-0.4, -0.2) is 54.1 Å². The average Bonchev–Trinajstić information content (AvgIpc) is 2.41. The summed E-state index contributed by atoms with van der Waals surface area (Å²) in [6, 6.07) is -2.85. The summed E-state index contributed by atoms with van der Waals surface area (Å²) in [4.78, 5) is 44.8. The highest BCUT2D eigenvalue weighted by Gasteiger charge is 2.30. The number of hydrogen-bond acceptors (Lipinski definition) is 4. The molecule has 0 fully saturated rings. The minimum atomic E-state index is -1.57. The van der Waals surface area contributed by atoms with Gasteiger partial charge in [-0.25, -0.2) is 4.39 Å². The predicted molar refractivity (Wildman–Crippen MR) is 67.9 cm³/mol. The Bertz CT molecular complexity index is 416. The molecule has 0 aromatic rings. The Morgan fingerprint density at radius 3 is 2.10 bits per heavy atom. The van der Waals surface area contributed by atoms with Crippen molar-refractivity contribution in [3.8, 4) is 0 Å². The first-order chi connectivity index (χ1) is 9.72. The Balaban J connectivity index is 5.00. The summed E-state index contributed by atoms with van der Waals surface area (Å²) >= 11 is 0. The van der Waals surface area contributed by atoms with Gasteiger partial charge in [0.25, 0.3) is 0 Å². The van der Waals surface area contributed by atoms with Crippen molar-refractivity contribution in [2.45, 2.75) is 32.4 Å². The fourth-order valence-electron chi connectivity index (χ4n) is 1.55. The SMILES string of the molecule is CC(=O)NC(C(=O)NC(CC(=O)O)C(=O)CF)C(C)CF. The molecule has 0 rings (SSSR count). The molecule has 0 bridgehead atoms. The number of halogens is 2. The summed E-state index contributed by atoms with van der Waals surface area (Å²) in [5, 5.41) is 12.9. The average molecular weight is 308 g/mol. The Labute approximate surface area is 120 Å². The zero-order chi connectivity index (χ0) is 16.6. The fourth-order valence-corrected chi connectivity index (χ4v) is 1.55. The maximum atomic E-state index is 12.7. The van der Waals surface area contributed by atoms with Crippen LogP contribution in [0.5, 0.6) is 0 Å². The van der Waals surface area contributed by atoms with Gasteiger partial charge in [0.2, 0.25) is 11.8 Å². The Morgan fingerprint density at radius 1 is 1.14 bits per heavy atom. The van der Waals surface area contributed by atoms with E-state index in [0.29, 0.717) is 0 Å². The molecular formula is C12H18F2N2O5. The highest BCUT2D eigenvalue weighted by molar-refractivity contribution is 5.95. The zero-order valence-corrected chi connectivity index (χ0v) is 11.7. The van der Waals surface area contributed by atoms with E-state index in [1.54, 1.807) is 0 Å². The molecule has 3 N–H and O–H groups in total. The Hall–Kier alpha value is -2.06. The normalized spacial score (nSPS) is 14.7. The number of carboxylic acid groups (broad SMARTS) is 1. The molecular weight excluding hydrogens is 290 g/mol. The maximum Gasteiger partial charge on any atom is 0.305 e. The molecule has 9 heteroatoms. The van der Waals surface area contributed by atoms with Crippen molar-refractivity contribution in [3.63, 3.8) is 0 Å². The first-order valence-electron chi connectivity index (χ1n) is 6.16. The second-order valence-corrected chi connectivity index (χ2v) is 4.57. The van der Waals surface area contributed by atoms with E-state index in [2.05, 4.69) is 5.32 Å². The van der Waals surface area contributed by atoms with E-state index in [1.165, 1.54) is 6.92 Å². The van der Waals surface area contributed by atoms with Crippen LogP contribution in [0.25, 0.3) is 0 Å². The molecule has 2 amide bonds. The van der Waals surface area contributed by atoms with Gasteiger partial charge >= 0.3 is 5.97 Å². The predicted octanol–water partition coefficient (Wildman–Crippen LogP) is -0.405. The third kappa shape index (κ3) is 6.77. The number of aliphatic carboxylic acids is 1. The first kappa shape index (κ1) is 18.9. The third-order valence-electron chi connectivity index (χ3n) is 2.67. The fraction of sp³-hybridized carbons (Fsp3) is 0.667. The lowest BCUT2D eigenvalue weighted by Gasteiger charge is -2.24. The Kier molecular flexibility index (Phi) is 8.10. The molecule has 0 saturated heterocycles. The topological polar surface area (TPSA) is 113 Å². The third-order valence-corrected chi connectivity index (χ3v) is 2.67. The highest BCUT2D eigenvalue weighted by atomic mass is 19.1. The number of hydrogen-bond donors (Lipinski definition) is 3. The molecule has 0 spiro atoms.